The zero-order valence-corrected chi connectivity index (χ0v) is 13.5. The van der Waals surface area contributed by atoms with Gasteiger partial charge in [-0.15, -0.1) is 0 Å². The van der Waals surface area contributed by atoms with Gasteiger partial charge in [0.25, 0.3) is 5.91 Å². The highest BCUT2D eigenvalue weighted by Crippen LogP contribution is 2.40. The van der Waals surface area contributed by atoms with Crippen molar-refractivity contribution in [1.29, 1.82) is 0 Å². The number of hydrogen-bond donors (Lipinski definition) is 2. The van der Waals surface area contributed by atoms with E-state index in [9.17, 15) is 9.59 Å². The summed E-state index contributed by atoms with van der Waals surface area (Å²) in [4.78, 5) is 36.0. The number of nitrogens with one attached hydrogen (secondary N) is 2. The number of rotatable bonds is 3. The van der Waals surface area contributed by atoms with Gasteiger partial charge >= 0.3 is 5.69 Å². The first-order valence-corrected chi connectivity index (χ1v) is 8.55. The third-order valence-electron chi connectivity index (χ3n) is 4.96. The van der Waals surface area contributed by atoms with Crippen LogP contribution < -0.4 is 5.69 Å². The van der Waals surface area contributed by atoms with E-state index in [0.717, 1.165) is 25.7 Å². The Balaban J connectivity index is 1.44. The summed E-state index contributed by atoms with van der Waals surface area (Å²) < 4.78 is 5.35. The van der Waals surface area contributed by atoms with Gasteiger partial charge in [-0.05, 0) is 43.9 Å². The van der Waals surface area contributed by atoms with E-state index in [-0.39, 0.29) is 17.6 Å². The Morgan fingerprint density at radius 2 is 2.04 bits per heavy atom. The molecule has 1 saturated carbocycles. The molecule has 8 nitrogen and oxygen atoms in total. The first-order chi connectivity index (χ1) is 12.2. The molecule has 3 aromatic rings. The number of likely N-dealkylation sites (tertiary alicyclic amines) is 1. The topological polar surface area (TPSA) is 108 Å². The third-order valence-corrected chi connectivity index (χ3v) is 4.96. The molecule has 0 bridgehead atoms. The Bertz CT molecular complexity index is 1010. The number of imidazole rings is 1. The largest absolute Gasteiger partial charge is 0.339 e. The number of fused-ring (bicyclic) bond motifs is 1. The number of carbonyl (C=O) groups is 1. The highest BCUT2D eigenvalue weighted by molar-refractivity contribution is 5.97. The van der Waals surface area contributed by atoms with Crippen LogP contribution in [0.3, 0.4) is 0 Å². The third kappa shape index (κ3) is 2.45. The quantitative estimate of drug-likeness (QED) is 0.759. The molecule has 1 saturated heterocycles. The van der Waals surface area contributed by atoms with E-state index in [4.69, 9.17) is 4.52 Å². The maximum Gasteiger partial charge on any atom is 0.323 e. The molecular weight excluding hydrogens is 322 g/mol. The van der Waals surface area contributed by atoms with Crippen molar-refractivity contribution in [3.63, 3.8) is 0 Å². The molecule has 1 atom stereocenters. The van der Waals surface area contributed by atoms with Crippen molar-refractivity contribution in [3.05, 3.63) is 46.0 Å². The Morgan fingerprint density at radius 3 is 2.88 bits per heavy atom. The number of nitrogens with zero attached hydrogens (tertiary/aromatic N) is 3. The number of aromatic nitrogens is 4. The van der Waals surface area contributed by atoms with E-state index in [2.05, 4.69) is 20.1 Å². The molecular formula is C17H17N5O3. The van der Waals surface area contributed by atoms with Crippen molar-refractivity contribution < 1.29 is 9.32 Å². The molecule has 5 rings (SSSR count). The second-order valence-corrected chi connectivity index (χ2v) is 6.76. The summed E-state index contributed by atoms with van der Waals surface area (Å²) in [5.41, 5.74) is 1.58. The molecule has 1 amide bonds. The normalized spacial score (nSPS) is 20.5. The molecule has 1 aliphatic heterocycles. The highest BCUT2D eigenvalue weighted by Gasteiger charge is 2.36. The predicted octanol–water partition coefficient (Wildman–Crippen LogP) is 2.09. The van der Waals surface area contributed by atoms with E-state index in [0.29, 0.717) is 40.8 Å². The van der Waals surface area contributed by atoms with Gasteiger partial charge in [0.2, 0.25) is 5.89 Å². The van der Waals surface area contributed by atoms with Gasteiger partial charge < -0.3 is 19.4 Å². The lowest BCUT2D eigenvalue weighted by atomic mass is 10.1. The molecule has 3 heterocycles. The molecule has 0 spiro atoms. The first kappa shape index (κ1) is 14.4. The lowest BCUT2D eigenvalue weighted by Gasteiger charge is -2.22. The van der Waals surface area contributed by atoms with Crippen LogP contribution in [0.2, 0.25) is 0 Å². The highest BCUT2D eigenvalue weighted by atomic mass is 16.5. The van der Waals surface area contributed by atoms with E-state index in [1.807, 2.05) is 0 Å². The zero-order valence-electron chi connectivity index (χ0n) is 13.5. The van der Waals surface area contributed by atoms with Crippen molar-refractivity contribution in [3.8, 4) is 0 Å². The second-order valence-electron chi connectivity index (χ2n) is 6.76. The summed E-state index contributed by atoms with van der Waals surface area (Å²) in [7, 11) is 0. The number of benzene rings is 1. The summed E-state index contributed by atoms with van der Waals surface area (Å²) >= 11 is 0. The predicted molar refractivity (Wildman–Crippen MR) is 88.2 cm³/mol. The Kier molecular flexibility index (Phi) is 3.06. The molecule has 128 valence electrons. The zero-order chi connectivity index (χ0) is 17.0. The van der Waals surface area contributed by atoms with Gasteiger partial charge in [-0.2, -0.15) is 4.98 Å². The van der Waals surface area contributed by atoms with Gasteiger partial charge in [0, 0.05) is 18.0 Å². The van der Waals surface area contributed by atoms with Crippen molar-refractivity contribution >= 4 is 16.9 Å². The average molecular weight is 339 g/mol. The van der Waals surface area contributed by atoms with Crippen LogP contribution in [-0.2, 0) is 0 Å². The van der Waals surface area contributed by atoms with Gasteiger partial charge in [-0.25, -0.2) is 4.79 Å². The molecule has 0 radical (unpaired) electrons. The number of amides is 1. The van der Waals surface area contributed by atoms with Crippen LogP contribution in [0.25, 0.3) is 11.0 Å². The molecule has 1 aliphatic carbocycles. The molecule has 1 aromatic carbocycles. The van der Waals surface area contributed by atoms with Gasteiger partial charge in [0.05, 0.1) is 17.1 Å². The fraction of sp³-hybridized carbons (Fsp3) is 0.412. The van der Waals surface area contributed by atoms with Crippen molar-refractivity contribution in [2.75, 3.05) is 6.54 Å². The van der Waals surface area contributed by atoms with Gasteiger partial charge in [-0.1, -0.05) is 5.16 Å². The van der Waals surface area contributed by atoms with E-state index in [1.165, 1.54) is 0 Å². The van der Waals surface area contributed by atoms with Crippen LogP contribution in [0, 0.1) is 0 Å². The van der Waals surface area contributed by atoms with Crippen molar-refractivity contribution in [1.82, 2.24) is 25.0 Å². The molecule has 2 N–H and O–H groups in total. The van der Waals surface area contributed by atoms with Crippen LogP contribution in [0.1, 0.15) is 59.7 Å². The minimum atomic E-state index is -0.280. The minimum absolute atomic E-state index is 0.0794. The molecule has 25 heavy (non-hydrogen) atoms. The van der Waals surface area contributed by atoms with E-state index >= 15 is 0 Å². The summed E-state index contributed by atoms with van der Waals surface area (Å²) in [6, 6.07) is 5.03. The fourth-order valence-corrected chi connectivity index (χ4v) is 3.49. The smallest absolute Gasteiger partial charge is 0.323 e. The maximum atomic E-state index is 13.0. The molecule has 2 fully saturated rings. The van der Waals surface area contributed by atoms with Crippen molar-refractivity contribution in [2.24, 2.45) is 0 Å². The second kappa shape index (κ2) is 5.30. The van der Waals surface area contributed by atoms with Crippen LogP contribution in [0.15, 0.2) is 27.5 Å². The Hall–Kier alpha value is -2.90. The fourth-order valence-electron chi connectivity index (χ4n) is 3.49. The van der Waals surface area contributed by atoms with Gasteiger partial charge in [0.15, 0.2) is 5.82 Å². The van der Waals surface area contributed by atoms with Crippen molar-refractivity contribution in [2.45, 2.75) is 37.6 Å². The Morgan fingerprint density at radius 1 is 1.20 bits per heavy atom. The SMILES string of the molecule is O=C(c1ccc2[nH]c(=O)[nH]c2c1)N1CCCC1c1noc(C2CC2)n1. The van der Waals surface area contributed by atoms with Crippen LogP contribution in [-0.4, -0.2) is 37.5 Å². The van der Waals surface area contributed by atoms with E-state index in [1.54, 1.807) is 23.1 Å². The van der Waals surface area contributed by atoms with Crippen LogP contribution in [0.5, 0.6) is 0 Å². The van der Waals surface area contributed by atoms with Gasteiger partial charge in [0.1, 0.15) is 0 Å². The Labute approximate surface area is 142 Å². The lowest BCUT2D eigenvalue weighted by molar-refractivity contribution is 0.0728. The van der Waals surface area contributed by atoms with Crippen LogP contribution >= 0.6 is 0 Å². The van der Waals surface area contributed by atoms with E-state index < -0.39 is 0 Å². The summed E-state index contributed by atoms with van der Waals surface area (Å²) in [6.07, 6.45) is 3.94. The number of aromatic amines is 2. The number of H-pyrrole nitrogens is 2. The first-order valence-electron chi connectivity index (χ1n) is 8.55. The maximum absolute atomic E-state index is 13.0. The average Bonchev–Trinajstić information content (AvgIpc) is 3.02. The minimum Gasteiger partial charge on any atom is -0.339 e. The molecule has 2 aromatic heterocycles. The van der Waals surface area contributed by atoms with Gasteiger partial charge in [-0.3, -0.25) is 4.79 Å². The number of hydrogen-bond acceptors (Lipinski definition) is 5. The lowest BCUT2D eigenvalue weighted by Crippen LogP contribution is -2.31. The molecule has 1 unspecified atom stereocenters. The van der Waals surface area contributed by atoms with Crippen LogP contribution in [0.4, 0.5) is 0 Å². The summed E-state index contributed by atoms with van der Waals surface area (Å²) in [5, 5.41) is 4.11. The molecule has 2 aliphatic rings. The number of carbonyl (C=O) groups excluding carboxylic acids is 1. The monoisotopic (exact) mass is 339 g/mol. The summed E-state index contributed by atoms with van der Waals surface area (Å²) in [5.74, 6) is 1.62. The standard InChI is InChI=1S/C17H17N5O3/c23-16(10-5-6-11-12(8-10)19-17(24)18-11)22-7-1-2-13(22)14-20-15(25-21-14)9-3-4-9/h5-6,8-9,13H,1-4,7H2,(H2,18,19,24). The molecule has 8 heteroatoms. The summed E-state index contributed by atoms with van der Waals surface area (Å²) in [6.45, 7) is 0.665.